The molecule has 0 spiro atoms. The van der Waals surface area contributed by atoms with Crippen LogP contribution in [0.25, 0.3) is 6.08 Å². The number of benzene rings is 2. The molecule has 0 aromatic heterocycles. The summed E-state index contributed by atoms with van der Waals surface area (Å²) < 4.78 is 0. The Labute approximate surface area is 160 Å². The minimum Gasteiger partial charge on any atom is -0.273 e. The van der Waals surface area contributed by atoms with Crippen molar-refractivity contribution in [2.75, 3.05) is 11.2 Å². The van der Waals surface area contributed by atoms with Crippen molar-refractivity contribution in [3.05, 3.63) is 64.2 Å². The molecule has 7 heteroatoms. The highest BCUT2D eigenvalue weighted by molar-refractivity contribution is 7.98. The third-order valence-electron chi connectivity index (χ3n) is 3.94. The number of thioether (sulfide) groups is 1. The largest absolute Gasteiger partial charge is 0.335 e. The van der Waals surface area contributed by atoms with Crippen LogP contribution in [0.2, 0.25) is 5.02 Å². The number of hydrogen-bond donors (Lipinski definition) is 1. The zero-order chi connectivity index (χ0) is 18.8. The number of amides is 4. The number of carbonyl (C=O) groups is 3. The normalized spacial score (nSPS) is 16.2. The summed E-state index contributed by atoms with van der Waals surface area (Å²) >= 11 is 7.69. The molecule has 1 N–H and O–H groups in total. The highest BCUT2D eigenvalue weighted by Gasteiger charge is 2.36. The monoisotopic (exact) mass is 386 g/mol. The van der Waals surface area contributed by atoms with Crippen molar-refractivity contribution in [2.45, 2.75) is 11.8 Å². The van der Waals surface area contributed by atoms with Crippen LogP contribution in [0.15, 0.2) is 52.9 Å². The van der Waals surface area contributed by atoms with Crippen LogP contribution in [0.1, 0.15) is 11.1 Å². The van der Waals surface area contributed by atoms with Gasteiger partial charge in [0.1, 0.15) is 5.57 Å². The van der Waals surface area contributed by atoms with Crippen LogP contribution >= 0.6 is 23.4 Å². The molecular formula is C19H15ClN2O3S. The van der Waals surface area contributed by atoms with E-state index in [9.17, 15) is 14.4 Å². The summed E-state index contributed by atoms with van der Waals surface area (Å²) in [4.78, 5) is 39.1. The summed E-state index contributed by atoms with van der Waals surface area (Å²) in [5.41, 5.74) is 1.70. The molecule has 0 unspecified atom stereocenters. The predicted octanol–water partition coefficient (Wildman–Crippen LogP) is 4.04. The van der Waals surface area contributed by atoms with Crippen molar-refractivity contribution in [1.82, 2.24) is 5.32 Å². The Balaban J connectivity index is 1.99. The molecule has 0 bridgehead atoms. The highest BCUT2D eigenvalue weighted by atomic mass is 35.5. The Morgan fingerprint density at radius 2 is 1.77 bits per heavy atom. The van der Waals surface area contributed by atoms with Gasteiger partial charge in [0.25, 0.3) is 11.8 Å². The summed E-state index contributed by atoms with van der Waals surface area (Å²) in [6.45, 7) is 1.82. The van der Waals surface area contributed by atoms with E-state index in [0.29, 0.717) is 16.3 Å². The number of carbonyl (C=O) groups excluding carboxylic acids is 3. The van der Waals surface area contributed by atoms with Gasteiger partial charge in [0.05, 0.1) is 5.69 Å². The average molecular weight is 387 g/mol. The van der Waals surface area contributed by atoms with Crippen LogP contribution in [-0.2, 0) is 9.59 Å². The number of hydrogen-bond acceptors (Lipinski definition) is 4. The van der Waals surface area contributed by atoms with Crippen molar-refractivity contribution in [3.63, 3.8) is 0 Å². The number of aryl methyl sites for hydroxylation is 1. The van der Waals surface area contributed by atoms with E-state index in [2.05, 4.69) is 5.32 Å². The van der Waals surface area contributed by atoms with E-state index in [1.807, 2.05) is 37.4 Å². The first-order valence-electron chi connectivity index (χ1n) is 7.72. The number of nitrogens with one attached hydrogen (secondary N) is 1. The quantitative estimate of drug-likeness (QED) is 0.491. The lowest BCUT2D eigenvalue weighted by molar-refractivity contribution is -0.122. The van der Waals surface area contributed by atoms with E-state index in [4.69, 9.17) is 11.6 Å². The molecule has 2 aromatic carbocycles. The molecule has 26 heavy (non-hydrogen) atoms. The maximum absolute atomic E-state index is 12.8. The second kappa shape index (κ2) is 7.35. The number of anilines is 1. The number of barbiturate groups is 1. The second-order valence-electron chi connectivity index (χ2n) is 5.66. The standard InChI is InChI=1S/C19H15ClN2O3S/c1-11-3-6-13(10-16(11)20)22-18(24)15(17(23)21-19(22)25)9-12-4-7-14(26-2)8-5-12/h3-10H,1-2H3,(H,21,23,25)/b15-9-. The zero-order valence-corrected chi connectivity index (χ0v) is 15.6. The van der Waals surface area contributed by atoms with E-state index in [1.54, 1.807) is 23.9 Å². The van der Waals surface area contributed by atoms with Gasteiger partial charge in [-0.05, 0) is 54.6 Å². The third kappa shape index (κ3) is 3.52. The third-order valence-corrected chi connectivity index (χ3v) is 5.09. The molecule has 2 aromatic rings. The van der Waals surface area contributed by atoms with Gasteiger partial charge in [0.15, 0.2) is 0 Å². The van der Waals surface area contributed by atoms with E-state index in [1.165, 1.54) is 12.1 Å². The molecule has 0 aliphatic carbocycles. The average Bonchev–Trinajstić information content (AvgIpc) is 2.62. The van der Waals surface area contributed by atoms with Crippen molar-refractivity contribution in [3.8, 4) is 0 Å². The van der Waals surface area contributed by atoms with Crippen LogP contribution in [0.3, 0.4) is 0 Å². The van der Waals surface area contributed by atoms with Crippen molar-refractivity contribution >= 4 is 53.0 Å². The molecule has 0 radical (unpaired) electrons. The lowest BCUT2D eigenvalue weighted by Gasteiger charge is -2.26. The van der Waals surface area contributed by atoms with Gasteiger partial charge >= 0.3 is 6.03 Å². The predicted molar refractivity (Wildman–Crippen MR) is 103 cm³/mol. The van der Waals surface area contributed by atoms with Crippen molar-refractivity contribution < 1.29 is 14.4 Å². The SMILES string of the molecule is CSc1ccc(/C=C2/C(=O)NC(=O)N(c3ccc(C)c(Cl)c3)C2=O)cc1. The first-order chi connectivity index (χ1) is 12.4. The van der Waals surface area contributed by atoms with E-state index >= 15 is 0 Å². The zero-order valence-electron chi connectivity index (χ0n) is 14.1. The van der Waals surface area contributed by atoms with Crippen LogP contribution in [0, 0.1) is 6.92 Å². The fourth-order valence-electron chi connectivity index (χ4n) is 2.48. The van der Waals surface area contributed by atoms with Crippen LogP contribution in [0.5, 0.6) is 0 Å². The Hall–Kier alpha value is -2.57. The fourth-order valence-corrected chi connectivity index (χ4v) is 3.06. The van der Waals surface area contributed by atoms with Crippen LogP contribution in [-0.4, -0.2) is 24.1 Å². The highest BCUT2D eigenvalue weighted by Crippen LogP contribution is 2.27. The van der Waals surface area contributed by atoms with Crippen molar-refractivity contribution in [2.24, 2.45) is 0 Å². The number of halogens is 1. The van der Waals surface area contributed by atoms with Crippen LogP contribution in [0.4, 0.5) is 10.5 Å². The molecule has 1 saturated heterocycles. The molecule has 0 saturated carbocycles. The van der Waals surface area contributed by atoms with Gasteiger partial charge < -0.3 is 0 Å². The lowest BCUT2D eigenvalue weighted by Crippen LogP contribution is -2.54. The summed E-state index contributed by atoms with van der Waals surface area (Å²) in [5.74, 6) is -1.41. The Bertz CT molecular complexity index is 938. The lowest BCUT2D eigenvalue weighted by atomic mass is 10.1. The van der Waals surface area contributed by atoms with Gasteiger partial charge in [0, 0.05) is 9.92 Å². The Morgan fingerprint density at radius 1 is 1.08 bits per heavy atom. The first kappa shape index (κ1) is 18.2. The molecule has 1 aliphatic heterocycles. The molecule has 0 atom stereocenters. The van der Waals surface area contributed by atoms with Gasteiger partial charge in [-0.1, -0.05) is 29.8 Å². The summed E-state index contributed by atoms with van der Waals surface area (Å²) in [5, 5.41) is 2.63. The first-order valence-corrected chi connectivity index (χ1v) is 9.32. The number of imide groups is 2. The van der Waals surface area contributed by atoms with Crippen LogP contribution < -0.4 is 10.2 Å². The molecule has 1 aliphatic rings. The molecule has 5 nitrogen and oxygen atoms in total. The van der Waals surface area contributed by atoms with Gasteiger partial charge in [-0.2, -0.15) is 0 Å². The topological polar surface area (TPSA) is 66.5 Å². The minimum absolute atomic E-state index is 0.113. The van der Waals surface area contributed by atoms with Gasteiger partial charge in [-0.15, -0.1) is 11.8 Å². The van der Waals surface area contributed by atoms with E-state index in [-0.39, 0.29) is 5.57 Å². The smallest absolute Gasteiger partial charge is 0.273 e. The van der Waals surface area contributed by atoms with Gasteiger partial charge in [-0.25, -0.2) is 9.69 Å². The summed E-state index contributed by atoms with van der Waals surface area (Å²) in [6, 6.07) is 11.4. The molecule has 3 rings (SSSR count). The molecule has 1 fully saturated rings. The molecule has 132 valence electrons. The minimum atomic E-state index is -0.796. The maximum atomic E-state index is 12.8. The molecule has 1 heterocycles. The Morgan fingerprint density at radius 3 is 2.38 bits per heavy atom. The molecule has 4 amide bonds. The summed E-state index contributed by atoms with van der Waals surface area (Å²) in [6.07, 6.45) is 3.43. The van der Waals surface area contributed by atoms with Gasteiger partial charge in [0.2, 0.25) is 0 Å². The maximum Gasteiger partial charge on any atom is 0.335 e. The summed E-state index contributed by atoms with van der Waals surface area (Å²) in [7, 11) is 0. The number of nitrogens with zero attached hydrogens (tertiary/aromatic N) is 1. The fraction of sp³-hybridized carbons (Fsp3) is 0.105. The van der Waals surface area contributed by atoms with E-state index < -0.39 is 17.8 Å². The van der Waals surface area contributed by atoms with Crippen molar-refractivity contribution in [1.29, 1.82) is 0 Å². The second-order valence-corrected chi connectivity index (χ2v) is 6.95. The van der Waals surface area contributed by atoms with E-state index in [0.717, 1.165) is 15.4 Å². The number of rotatable bonds is 3. The Kier molecular flexibility index (Phi) is 5.15. The van der Waals surface area contributed by atoms with Gasteiger partial charge in [-0.3, -0.25) is 14.9 Å². The number of urea groups is 1. The molecular weight excluding hydrogens is 372 g/mol.